The third-order valence-electron chi connectivity index (χ3n) is 10.5. The lowest BCUT2D eigenvalue weighted by Gasteiger charge is -2.25. The Morgan fingerprint density at radius 1 is 0.500 bits per heavy atom. The monoisotopic (exact) mass is 682 g/mol. The molecule has 0 saturated carbocycles. The van der Waals surface area contributed by atoms with Crippen LogP contribution in [0.2, 0.25) is 0 Å². The quantitative estimate of drug-likeness (QED) is 0.188. The van der Waals surface area contributed by atoms with Crippen LogP contribution in [0.15, 0.2) is 189 Å². The van der Waals surface area contributed by atoms with Gasteiger partial charge < -0.3 is 9.73 Å². The Bertz CT molecular complexity index is 2970. The normalized spacial score (nSPS) is 15.2. The number of hydrogen-bond acceptors (Lipinski definition) is 4. The lowest BCUT2D eigenvalue weighted by Crippen LogP contribution is -2.32. The first-order valence-electron chi connectivity index (χ1n) is 17.7. The van der Waals surface area contributed by atoms with Gasteiger partial charge in [-0.15, -0.1) is 0 Å². The molecule has 1 aromatic heterocycles. The number of hydrogen-bond donors (Lipinski definition) is 1. The van der Waals surface area contributed by atoms with Crippen LogP contribution in [-0.2, 0) is 0 Å². The lowest BCUT2D eigenvalue weighted by molar-refractivity contribution is 0.669. The van der Waals surface area contributed by atoms with Crippen LogP contribution in [0.5, 0.6) is 0 Å². The van der Waals surface area contributed by atoms with E-state index in [1.165, 1.54) is 48.0 Å². The van der Waals surface area contributed by atoms with Crippen LogP contribution in [0, 0.1) is 0 Å². The summed E-state index contributed by atoms with van der Waals surface area (Å²) >= 11 is 1.82. The van der Waals surface area contributed by atoms with Crippen molar-refractivity contribution >= 4 is 66.8 Å². The molecule has 3 nitrogen and oxygen atoms in total. The van der Waals surface area contributed by atoms with Gasteiger partial charge in [-0.1, -0.05) is 145 Å². The van der Waals surface area contributed by atoms with Crippen LogP contribution in [0.4, 0.5) is 0 Å². The van der Waals surface area contributed by atoms with Crippen LogP contribution < -0.4 is 5.32 Å². The van der Waals surface area contributed by atoms with Crippen molar-refractivity contribution in [3.8, 4) is 22.3 Å². The molecule has 1 atom stereocenters. The summed E-state index contributed by atoms with van der Waals surface area (Å²) in [5, 5.41) is 11.1. The van der Waals surface area contributed by atoms with Crippen molar-refractivity contribution in [1.82, 2.24) is 5.32 Å². The maximum absolute atomic E-state index is 6.62. The summed E-state index contributed by atoms with van der Waals surface area (Å²) in [6.07, 6.45) is 0. The Morgan fingerprint density at radius 2 is 1.23 bits per heavy atom. The highest BCUT2D eigenvalue weighted by Crippen LogP contribution is 2.52. The molecule has 2 aliphatic rings. The molecule has 4 heteroatoms. The minimum absolute atomic E-state index is 0.0379. The number of amidine groups is 1. The van der Waals surface area contributed by atoms with Crippen LogP contribution in [-0.4, -0.2) is 5.84 Å². The van der Waals surface area contributed by atoms with Gasteiger partial charge in [-0.2, -0.15) is 0 Å². The molecule has 8 aromatic carbocycles. The molecule has 1 N–H and O–H groups in total. The topological polar surface area (TPSA) is 37.5 Å². The van der Waals surface area contributed by atoms with E-state index in [0.29, 0.717) is 0 Å². The Labute approximate surface area is 305 Å². The van der Waals surface area contributed by atoms with Crippen molar-refractivity contribution in [1.29, 1.82) is 0 Å². The summed E-state index contributed by atoms with van der Waals surface area (Å²) in [5.41, 5.74) is 10.9. The highest BCUT2D eigenvalue weighted by Gasteiger charge is 2.35. The maximum atomic E-state index is 6.62. The number of thioether (sulfide) groups is 1. The third-order valence-corrected chi connectivity index (χ3v) is 11.8. The van der Waals surface area contributed by atoms with Gasteiger partial charge in [0.1, 0.15) is 17.0 Å². The second kappa shape index (κ2) is 11.6. The Kier molecular flexibility index (Phi) is 6.55. The first-order valence-corrected chi connectivity index (χ1v) is 18.5. The molecule has 0 bridgehead atoms. The fourth-order valence-corrected chi connectivity index (χ4v) is 9.35. The van der Waals surface area contributed by atoms with Crippen LogP contribution >= 0.6 is 11.8 Å². The smallest absolute Gasteiger partial charge is 0.136 e. The zero-order valence-electron chi connectivity index (χ0n) is 28.0. The minimum atomic E-state index is 0.0379. The standard InChI is InChI=1S/C48H30N2OS/c1-2-12-29(13-3-1)45-47-46(38-20-8-9-23-43(38)52-47)50-48(49-45)39-21-11-22-41-44(39)37-25-24-31(28-42(37)51-41)30-15-10-16-32(26-30)40-27-33-14-4-5-17-34(33)35-18-6-7-19-36(35)40/h1-28,46H,(H,49,50). The van der Waals surface area contributed by atoms with Gasteiger partial charge in [0.25, 0.3) is 0 Å². The van der Waals surface area contributed by atoms with E-state index in [2.05, 4.69) is 175 Å². The average Bonchev–Trinajstić information content (AvgIpc) is 3.79. The number of fused-ring (bicyclic) bond motifs is 9. The maximum Gasteiger partial charge on any atom is 0.136 e. The average molecular weight is 683 g/mol. The van der Waals surface area contributed by atoms with Crippen molar-refractivity contribution in [3.05, 3.63) is 191 Å². The second-order valence-electron chi connectivity index (χ2n) is 13.5. The van der Waals surface area contributed by atoms with E-state index in [1.807, 2.05) is 11.8 Å². The molecule has 0 fully saturated rings. The van der Waals surface area contributed by atoms with Crippen LogP contribution in [0.1, 0.15) is 22.7 Å². The molecular weight excluding hydrogens is 653 g/mol. The van der Waals surface area contributed by atoms with E-state index < -0.39 is 0 Å². The van der Waals surface area contributed by atoms with Crippen molar-refractivity contribution in [3.63, 3.8) is 0 Å². The van der Waals surface area contributed by atoms with Gasteiger partial charge in [-0.3, -0.25) is 0 Å². The number of aliphatic imine (C=N–C) groups is 1. The zero-order valence-corrected chi connectivity index (χ0v) is 28.8. The molecule has 11 rings (SSSR count). The Hall–Kier alpha value is -6.36. The van der Waals surface area contributed by atoms with E-state index in [-0.39, 0.29) is 6.04 Å². The molecule has 3 heterocycles. The van der Waals surface area contributed by atoms with E-state index in [0.717, 1.165) is 55.7 Å². The van der Waals surface area contributed by atoms with Gasteiger partial charge in [-0.05, 0) is 85.8 Å². The fraction of sp³-hybridized carbons (Fsp3) is 0.0208. The Balaban J connectivity index is 1.03. The molecule has 0 saturated heterocycles. The van der Waals surface area contributed by atoms with Crippen molar-refractivity contribution in [2.45, 2.75) is 10.9 Å². The van der Waals surface area contributed by atoms with Crippen molar-refractivity contribution < 1.29 is 4.42 Å². The van der Waals surface area contributed by atoms with Crippen LogP contribution in [0.25, 0.3) is 71.4 Å². The molecule has 0 amide bonds. The van der Waals surface area contributed by atoms with E-state index in [4.69, 9.17) is 9.41 Å². The summed E-state index contributed by atoms with van der Waals surface area (Å²) in [6, 6.07) is 60.7. The number of nitrogens with zero attached hydrogens (tertiary/aromatic N) is 1. The summed E-state index contributed by atoms with van der Waals surface area (Å²) in [7, 11) is 0. The van der Waals surface area contributed by atoms with E-state index in [1.54, 1.807) is 0 Å². The lowest BCUT2D eigenvalue weighted by atomic mass is 9.91. The summed E-state index contributed by atoms with van der Waals surface area (Å²) in [4.78, 5) is 7.87. The number of rotatable bonds is 4. The van der Waals surface area contributed by atoms with Gasteiger partial charge in [0, 0.05) is 31.7 Å². The molecule has 0 radical (unpaired) electrons. The minimum Gasteiger partial charge on any atom is -0.456 e. The molecule has 52 heavy (non-hydrogen) atoms. The first-order chi connectivity index (χ1) is 25.8. The van der Waals surface area contributed by atoms with Gasteiger partial charge in [0.15, 0.2) is 0 Å². The van der Waals surface area contributed by atoms with E-state index in [9.17, 15) is 0 Å². The molecular formula is C48H30N2OS. The molecule has 0 spiro atoms. The summed E-state index contributed by atoms with van der Waals surface area (Å²) in [6.45, 7) is 0. The fourth-order valence-electron chi connectivity index (χ4n) is 8.10. The highest BCUT2D eigenvalue weighted by molar-refractivity contribution is 8.03. The van der Waals surface area contributed by atoms with Gasteiger partial charge >= 0.3 is 0 Å². The highest BCUT2D eigenvalue weighted by atomic mass is 32.2. The molecule has 0 aliphatic carbocycles. The second-order valence-corrected chi connectivity index (χ2v) is 14.6. The predicted octanol–water partition coefficient (Wildman–Crippen LogP) is 12.8. The molecule has 1 unspecified atom stereocenters. The van der Waals surface area contributed by atoms with Gasteiger partial charge in [0.2, 0.25) is 0 Å². The summed E-state index contributed by atoms with van der Waals surface area (Å²) in [5.74, 6) is 0.859. The van der Waals surface area contributed by atoms with Gasteiger partial charge in [-0.25, -0.2) is 4.99 Å². The first kappa shape index (κ1) is 29.4. The SMILES string of the molecule is c1ccc(C2=C3Sc4ccccc4C3NC(c3cccc4oc5cc(-c6cccc(-c7cc8ccccc8c8ccccc78)c6)ccc5c34)=N2)cc1. The largest absolute Gasteiger partial charge is 0.456 e. The van der Waals surface area contributed by atoms with Crippen molar-refractivity contribution in [2.24, 2.45) is 4.99 Å². The van der Waals surface area contributed by atoms with Crippen molar-refractivity contribution in [2.75, 3.05) is 0 Å². The number of nitrogens with one attached hydrogen (secondary N) is 1. The molecule has 2 aliphatic heterocycles. The predicted molar refractivity (Wildman–Crippen MR) is 218 cm³/mol. The van der Waals surface area contributed by atoms with Gasteiger partial charge in [0.05, 0.1) is 11.7 Å². The van der Waals surface area contributed by atoms with Crippen LogP contribution in [0.3, 0.4) is 0 Å². The number of furan rings is 1. The third kappa shape index (κ3) is 4.58. The number of benzene rings is 8. The van der Waals surface area contributed by atoms with E-state index >= 15 is 0 Å². The molecule has 9 aromatic rings. The molecule has 244 valence electrons. The Morgan fingerprint density at radius 3 is 2.15 bits per heavy atom. The zero-order chi connectivity index (χ0) is 34.2. The summed E-state index contributed by atoms with van der Waals surface area (Å²) < 4.78 is 6.62.